The molecule has 0 unspecified atom stereocenters. The number of benzene rings is 2. The summed E-state index contributed by atoms with van der Waals surface area (Å²) in [4.78, 5) is 10.1. The summed E-state index contributed by atoms with van der Waals surface area (Å²) in [5.74, 6) is 2.29. The zero-order chi connectivity index (χ0) is 20.8. The van der Waals surface area contributed by atoms with E-state index in [2.05, 4.69) is 71.7 Å². The number of para-hydroxylation sites is 4. The number of fused-ring (bicyclic) bond motifs is 2. The Balaban J connectivity index is 1.80. The number of nitrogens with zero attached hydrogens (tertiary/aromatic N) is 4. The Morgan fingerprint density at radius 1 is 0.567 bits per heavy atom. The van der Waals surface area contributed by atoms with Gasteiger partial charge in [-0.1, -0.05) is 76.6 Å². The van der Waals surface area contributed by atoms with Crippen molar-refractivity contribution in [1.82, 2.24) is 19.3 Å². The molecule has 0 bridgehead atoms. The maximum absolute atomic E-state index is 5.04. The summed E-state index contributed by atoms with van der Waals surface area (Å²) in [7, 11) is 0. The Bertz CT molecular complexity index is 1000. The van der Waals surface area contributed by atoms with Gasteiger partial charge >= 0.3 is 0 Å². The fourth-order valence-corrected chi connectivity index (χ4v) is 4.32. The van der Waals surface area contributed by atoms with E-state index in [9.17, 15) is 0 Å². The molecule has 4 nitrogen and oxygen atoms in total. The van der Waals surface area contributed by atoms with Gasteiger partial charge in [-0.2, -0.15) is 0 Å². The molecule has 0 atom stereocenters. The van der Waals surface area contributed by atoms with Crippen molar-refractivity contribution >= 4 is 22.1 Å². The van der Waals surface area contributed by atoms with Crippen molar-refractivity contribution in [2.45, 2.75) is 78.1 Å². The van der Waals surface area contributed by atoms with Crippen LogP contribution in [0.2, 0.25) is 0 Å². The fraction of sp³-hybridized carbons (Fsp3) is 0.462. The summed E-state index contributed by atoms with van der Waals surface area (Å²) >= 11 is 0. The average Bonchev–Trinajstić information content (AvgIpc) is 3.31. The predicted octanol–water partition coefficient (Wildman–Crippen LogP) is 6.94. The van der Waals surface area contributed by atoms with Gasteiger partial charge in [0.15, 0.2) is 0 Å². The topological polar surface area (TPSA) is 35.6 Å². The number of unbranched alkanes of at least 4 members (excludes halogenated alkanes) is 6. The molecule has 0 fully saturated rings. The highest BCUT2D eigenvalue weighted by Crippen LogP contribution is 2.24. The van der Waals surface area contributed by atoms with Gasteiger partial charge in [0.05, 0.1) is 22.1 Å². The highest BCUT2D eigenvalue weighted by Gasteiger charge is 2.18. The third kappa shape index (κ3) is 4.28. The van der Waals surface area contributed by atoms with Crippen LogP contribution >= 0.6 is 0 Å². The van der Waals surface area contributed by atoms with Crippen molar-refractivity contribution in [3.05, 3.63) is 60.2 Å². The standard InChI is InChI=1S/C26H34N4/c1-3-5-7-9-19-25-27-21-15-11-13-17-23(21)29(25)30-24-18-14-12-16-22(24)28-26(30)20-10-8-6-4-2/h11-18H,3-10,19-20H2,1-2H3. The molecule has 0 aliphatic carbocycles. The van der Waals surface area contributed by atoms with E-state index in [-0.39, 0.29) is 0 Å². The second kappa shape index (κ2) is 9.92. The molecule has 2 heterocycles. The number of hydrogen-bond donors (Lipinski definition) is 0. The Hall–Kier alpha value is -2.62. The maximum Gasteiger partial charge on any atom is 0.129 e. The first-order valence-corrected chi connectivity index (χ1v) is 11.8. The summed E-state index contributed by atoms with van der Waals surface area (Å²) in [6, 6.07) is 17.0. The third-order valence-corrected chi connectivity index (χ3v) is 5.92. The molecule has 0 N–H and O–H groups in total. The lowest BCUT2D eigenvalue weighted by Crippen LogP contribution is -2.16. The quantitative estimate of drug-likeness (QED) is 0.255. The Labute approximate surface area is 179 Å². The molecule has 0 saturated carbocycles. The molecule has 4 rings (SSSR count). The lowest BCUT2D eigenvalue weighted by molar-refractivity contribution is 0.568. The zero-order valence-electron chi connectivity index (χ0n) is 18.5. The lowest BCUT2D eigenvalue weighted by Gasteiger charge is -2.15. The van der Waals surface area contributed by atoms with Crippen LogP contribution in [0, 0.1) is 0 Å². The molecular weight excluding hydrogens is 368 g/mol. The summed E-state index contributed by atoms with van der Waals surface area (Å²) in [5, 5.41) is 0. The van der Waals surface area contributed by atoms with Gasteiger partial charge in [0, 0.05) is 12.8 Å². The van der Waals surface area contributed by atoms with Gasteiger partial charge in [-0.15, -0.1) is 0 Å². The first-order valence-electron chi connectivity index (χ1n) is 11.8. The highest BCUT2D eigenvalue weighted by molar-refractivity contribution is 5.79. The van der Waals surface area contributed by atoms with Crippen molar-refractivity contribution in [3.63, 3.8) is 0 Å². The minimum Gasteiger partial charge on any atom is -0.231 e. The normalized spacial score (nSPS) is 11.7. The van der Waals surface area contributed by atoms with E-state index < -0.39 is 0 Å². The van der Waals surface area contributed by atoms with Crippen LogP contribution in [0.25, 0.3) is 22.1 Å². The van der Waals surface area contributed by atoms with Gasteiger partial charge < -0.3 is 0 Å². The first-order chi connectivity index (χ1) is 14.8. The second-order valence-electron chi connectivity index (χ2n) is 8.28. The minimum absolute atomic E-state index is 0.996. The maximum atomic E-state index is 5.04. The molecule has 2 aromatic heterocycles. The summed E-state index contributed by atoms with van der Waals surface area (Å²) in [6.07, 6.45) is 11.9. The van der Waals surface area contributed by atoms with Gasteiger partial charge in [-0.05, 0) is 37.1 Å². The molecule has 0 saturated heterocycles. The van der Waals surface area contributed by atoms with Crippen molar-refractivity contribution in [2.24, 2.45) is 0 Å². The van der Waals surface area contributed by atoms with Gasteiger partial charge in [0.1, 0.15) is 11.6 Å². The lowest BCUT2D eigenvalue weighted by atomic mass is 10.1. The number of aryl methyl sites for hydroxylation is 2. The molecule has 4 aromatic rings. The van der Waals surface area contributed by atoms with E-state index in [4.69, 9.17) is 9.97 Å². The van der Waals surface area contributed by atoms with E-state index in [1.165, 1.54) is 62.4 Å². The van der Waals surface area contributed by atoms with Crippen LogP contribution in [0.1, 0.15) is 76.9 Å². The van der Waals surface area contributed by atoms with Gasteiger partial charge in [0.25, 0.3) is 0 Å². The Morgan fingerprint density at radius 2 is 1.00 bits per heavy atom. The third-order valence-electron chi connectivity index (χ3n) is 5.92. The largest absolute Gasteiger partial charge is 0.231 e. The van der Waals surface area contributed by atoms with E-state index in [1.807, 2.05) is 0 Å². The molecule has 0 amide bonds. The Kier molecular flexibility index (Phi) is 6.83. The van der Waals surface area contributed by atoms with E-state index in [0.29, 0.717) is 0 Å². The molecule has 2 aromatic carbocycles. The molecule has 0 aliphatic rings. The molecule has 30 heavy (non-hydrogen) atoms. The van der Waals surface area contributed by atoms with E-state index in [1.54, 1.807) is 0 Å². The first kappa shape index (κ1) is 20.6. The number of imidazole rings is 2. The molecule has 158 valence electrons. The molecule has 0 aliphatic heterocycles. The fourth-order valence-electron chi connectivity index (χ4n) is 4.32. The van der Waals surface area contributed by atoms with E-state index in [0.717, 1.165) is 35.5 Å². The van der Waals surface area contributed by atoms with Gasteiger partial charge in [-0.3, -0.25) is 0 Å². The predicted molar refractivity (Wildman–Crippen MR) is 126 cm³/mol. The summed E-state index contributed by atoms with van der Waals surface area (Å²) in [6.45, 7) is 4.52. The van der Waals surface area contributed by atoms with Crippen LogP contribution in [0.15, 0.2) is 48.5 Å². The van der Waals surface area contributed by atoms with Crippen LogP contribution in [-0.4, -0.2) is 19.3 Å². The number of rotatable bonds is 11. The zero-order valence-corrected chi connectivity index (χ0v) is 18.5. The smallest absolute Gasteiger partial charge is 0.129 e. The van der Waals surface area contributed by atoms with Crippen LogP contribution in [0.4, 0.5) is 0 Å². The van der Waals surface area contributed by atoms with Gasteiger partial charge in [0.2, 0.25) is 0 Å². The Morgan fingerprint density at radius 3 is 1.43 bits per heavy atom. The minimum atomic E-state index is 0.996. The molecule has 0 radical (unpaired) electrons. The molecule has 0 spiro atoms. The van der Waals surface area contributed by atoms with Crippen LogP contribution in [0.3, 0.4) is 0 Å². The van der Waals surface area contributed by atoms with Crippen molar-refractivity contribution in [2.75, 3.05) is 0 Å². The summed E-state index contributed by atoms with van der Waals surface area (Å²) < 4.78 is 4.68. The average molecular weight is 403 g/mol. The van der Waals surface area contributed by atoms with Crippen LogP contribution in [0.5, 0.6) is 0 Å². The SMILES string of the molecule is CCCCCCc1nc2ccccc2n1-n1c(CCCCCC)nc2ccccc21. The number of aromatic nitrogens is 4. The van der Waals surface area contributed by atoms with Gasteiger partial charge in [-0.25, -0.2) is 19.3 Å². The molecular formula is C26H34N4. The molecule has 4 heteroatoms. The van der Waals surface area contributed by atoms with Crippen LogP contribution < -0.4 is 0 Å². The van der Waals surface area contributed by atoms with Crippen molar-refractivity contribution in [1.29, 1.82) is 0 Å². The van der Waals surface area contributed by atoms with E-state index >= 15 is 0 Å². The highest BCUT2D eigenvalue weighted by atomic mass is 15.5. The monoisotopic (exact) mass is 402 g/mol. The number of hydrogen-bond acceptors (Lipinski definition) is 2. The summed E-state index contributed by atoms with van der Waals surface area (Å²) in [5.41, 5.74) is 4.47. The van der Waals surface area contributed by atoms with Crippen molar-refractivity contribution in [3.8, 4) is 0 Å². The van der Waals surface area contributed by atoms with Crippen molar-refractivity contribution < 1.29 is 0 Å². The second-order valence-corrected chi connectivity index (χ2v) is 8.28. The van der Waals surface area contributed by atoms with Crippen LogP contribution in [-0.2, 0) is 12.8 Å².